The molecule has 152 valence electrons. The Kier molecular flexibility index (Phi) is 6.26. The van der Waals surface area contributed by atoms with Crippen molar-refractivity contribution < 1.29 is 28.2 Å². The molecule has 1 N–H and O–H groups in total. The molecule has 1 atom stereocenters. The van der Waals surface area contributed by atoms with Gasteiger partial charge >= 0.3 is 5.97 Å². The Morgan fingerprint density at radius 2 is 1.93 bits per heavy atom. The van der Waals surface area contributed by atoms with Crippen LogP contribution in [0, 0.1) is 11.7 Å². The first-order chi connectivity index (χ1) is 13.9. The molecule has 7 heteroatoms. The Hall–Kier alpha value is -3.22. The monoisotopic (exact) mass is 399 g/mol. The fraction of sp³-hybridized carbons (Fsp3) is 0.318. The molecule has 0 fully saturated rings. The molecule has 29 heavy (non-hydrogen) atoms. The Bertz CT molecular complexity index is 941. The fourth-order valence-corrected chi connectivity index (χ4v) is 3.03. The number of benzene rings is 2. The summed E-state index contributed by atoms with van der Waals surface area (Å²) in [7, 11) is 0. The van der Waals surface area contributed by atoms with Gasteiger partial charge in [0.1, 0.15) is 17.6 Å². The number of halogens is 1. The maximum Gasteiger partial charge on any atom is 0.329 e. The zero-order valence-corrected chi connectivity index (χ0v) is 16.2. The number of esters is 1. The van der Waals surface area contributed by atoms with E-state index in [9.17, 15) is 18.8 Å². The predicted octanol–water partition coefficient (Wildman–Crippen LogP) is 2.94. The molecule has 0 unspecified atom stereocenters. The van der Waals surface area contributed by atoms with Crippen LogP contribution in [-0.2, 0) is 16.0 Å². The molecule has 0 aromatic heterocycles. The van der Waals surface area contributed by atoms with Gasteiger partial charge in [0.25, 0.3) is 5.91 Å². The van der Waals surface area contributed by atoms with Crippen molar-refractivity contribution in [3.8, 4) is 5.75 Å². The number of carbonyl (C=O) groups excluding carboxylic acids is 3. The van der Waals surface area contributed by atoms with E-state index in [-0.39, 0.29) is 17.3 Å². The van der Waals surface area contributed by atoms with Gasteiger partial charge in [-0.1, -0.05) is 26.0 Å². The first kappa shape index (κ1) is 20.5. The van der Waals surface area contributed by atoms with Gasteiger partial charge in [-0.15, -0.1) is 0 Å². The largest absolute Gasteiger partial charge is 0.493 e. The minimum absolute atomic E-state index is 0.164. The molecule has 0 radical (unpaired) electrons. The van der Waals surface area contributed by atoms with E-state index in [2.05, 4.69) is 5.32 Å². The highest BCUT2D eigenvalue weighted by molar-refractivity contribution is 5.99. The van der Waals surface area contributed by atoms with E-state index in [0.29, 0.717) is 12.2 Å². The topological polar surface area (TPSA) is 81.7 Å². The van der Waals surface area contributed by atoms with Gasteiger partial charge in [0.15, 0.2) is 12.4 Å². The summed E-state index contributed by atoms with van der Waals surface area (Å²) in [6, 6.07) is 9.56. The number of rotatable bonds is 7. The van der Waals surface area contributed by atoms with Crippen molar-refractivity contribution in [2.24, 2.45) is 5.92 Å². The molecular weight excluding hydrogens is 377 g/mol. The molecule has 1 amide bonds. The zero-order chi connectivity index (χ0) is 21.0. The van der Waals surface area contributed by atoms with E-state index in [1.165, 1.54) is 18.2 Å². The Balaban J connectivity index is 1.61. The number of hydrogen-bond acceptors (Lipinski definition) is 5. The van der Waals surface area contributed by atoms with Crippen LogP contribution in [0.15, 0.2) is 42.5 Å². The third kappa shape index (κ3) is 4.80. The van der Waals surface area contributed by atoms with Crippen LogP contribution in [0.1, 0.15) is 40.1 Å². The van der Waals surface area contributed by atoms with Crippen LogP contribution in [0.25, 0.3) is 0 Å². The number of ether oxygens (including phenoxy) is 2. The minimum atomic E-state index is -1.01. The Labute approximate surface area is 168 Å². The van der Waals surface area contributed by atoms with Crippen LogP contribution in [0.5, 0.6) is 5.75 Å². The molecule has 0 saturated heterocycles. The molecule has 0 bridgehead atoms. The maximum atomic E-state index is 13.8. The fourth-order valence-electron chi connectivity index (χ4n) is 3.03. The van der Waals surface area contributed by atoms with Crippen molar-refractivity contribution in [1.29, 1.82) is 0 Å². The molecule has 0 spiro atoms. The van der Waals surface area contributed by atoms with Crippen LogP contribution in [0.4, 0.5) is 4.39 Å². The van der Waals surface area contributed by atoms with Crippen LogP contribution in [0.3, 0.4) is 0 Å². The second-order valence-corrected chi connectivity index (χ2v) is 7.13. The highest BCUT2D eigenvalue weighted by Crippen LogP contribution is 2.26. The lowest BCUT2D eigenvalue weighted by molar-refractivity contribution is -0.145. The second-order valence-electron chi connectivity index (χ2n) is 7.13. The van der Waals surface area contributed by atoms with Crippen molar-refractivity contribution >= 4 is 17.7 Å². The summed E-state index contributed by atoms with van der Waals surface area (Å²) < 4.78 is 24.3. The van der Waals surface area contributed by atoms with Gasteiger partial charge < -0.3 is 14.8 Å². The smallest absolute Gasteiger partial charge is 0.329 e. The third-order valence-corrected chi connectivity index (χ3v) is 4.68. The average Bonchev–Trinajstić information content (AvgIpc) is 3.17. The van der Waals surface area contributed by atoms with Gasteiger partial charge in [-0.2, -0.15) is 0 Å². The summed E-state index contributed by atoms with van der Waals surface area (Å²) in [5.74, 6) is -2.06. The van der Waals surface area contributed by atoms with E-state index in [1.807, 2.05) is 0 Å². The first-order valence-electron chi connectivity index (χ1n) is 9.37. The molecular formula is C22H22FNO5. The lowest BCUT2D eigenvalue weighted by Gasteiger charge is -2.21. The van der Waals surface area contributed by atoms with Crippen molar-refractivity contribution in [1.82, 2.24) is 5.32 Å². The molecule has 3 rings (SSSR count). The van der Waals surface area contributed by atoms with Gasteiger partial charge in [0.05, 0.1) is 12.2 Å². The number of nitrogens with one attached hydrogen (secondary N) is 1. The minimum Gasteiger partial charge on any atom is -0.493 e. The number of carbonyl (C=O) groups is 3. The third-order valence-electron chi connectivity index (χ3n) is 4.68. The van der Waals surface area contributed by atoms with E-state index >= 15 is 0 Å². The lowest BCUT2D eigenvalue weighted by atomic mass is 10.0. The van der Waals surface area contributed by atoms with Gasteiger partial charge in [0, 0.05) is 12.0 Å². The molecule has 1 aliphatic heterocycles. The van der Waals surface area contributed by atoms with Crippen molar-refractivity contribution in [2.75, 3.05) is 13.2 Å². The van der Waals surface area contributed by atoms with E-state index in [0.717, 1.165) is 23.8 Å². The average molecular weight is 399 g/mol. The Morgan fingerprint density at radius 1 is 1.17 bits per heavy atom. The predicted molar refractivity (Wildman–Crippen MR) is 103 cm³/mol. The number of hydrogen-bond donors (Lipinski definition) is 1. The highest BCUT2D eigenvalue weighted by atomic mass is 19.1. The van der Waals surface area contributed by atoms with Crippen LogP contribution >= 0.6 is 0 Å². The van der Waals surface area contributed by atoms with Crippen molar-refractivity contribution in [3.05, 3.63) is 65.0 Å². The molecule has 0 saturated carbocycles. The van der Waals surface area contributed by atoms with E-state index in [1.54, 1.807) is 32.0 Å². The zero-order valence-electron chi connectivity index (χ0n) is 16.2. The summed E-state index contributed by atoms with van der Waals surface area (Å²) in [6.07, 6.45) is 0.730. The van der Waals surface area contributed by atoms with Gasteiger partial charge in [0.2, 0.25) is 0 Å². The van der Waals surface area contributed by atoms with Gasteiger partial charge in [-0.25, -0.2) is 9.18 Å². The van der Waals surface area contributed by atoms with E-state index < -0.39 is 30.3 Å². The number of amides is 1. The first-order valence-corrected chi connectivity index (χ1v) is 9.37. The highest BCUT2D eigenvalue weighted by Gasteiger charge is 2.28. The quantitative estimate of drug-likeness (QED) is 0.572. The van der Waals surface area contributed by atoms with Crippen molar-refractivity contribution in [3.63, 3.8) is 0 Å². The summed E-state index contributed by atoms with van der Waals surface area (Å²) in [4.78, 5) is 37.1. The maximum absolute atomic E-state index is 13.8. The molecule has 2 aromatic carbocycles. The molecule has 2 aromatic rings. The van der Waals surface area contributed by atoms with E-state index in [4.69, 9.17) is 9.47 Å². The molecule has 1 heterocycles. The summed E-state index contributed by atoms with van der Waals surface area (Å²) >= 11 is 0. The van der Waals surface area contributed by atoms with Gasteiger partial charge in [-0.05, 0) is 41.8 Å². The summed E-state index contributed by atoms with van der Waals surface area (Å²) in [5.41, 5.74) is 1.21. The summed E-state index contributed by atoms with van der Waals surface area (Å²) in [5, 5.41) is 2.49. The van der Waals surface area contributed by atoms with Crippen molar-refractivity contribution in [2.45, 2.75) is 26.3 Å². The lowest BCUT2D eigenvalue weighted by Crippen LogP contribution is -2.46. The molecule has 6 nitrogen and oxygen atoms in total. The van der Waals surface area contributed by atoms with Gasteiger partial charge in [-0.3, -0.25) is 9.59 Å². The van der Waals surface area contributed by atoms with Crippen LogP contribution < -0.4 is 10.1 Å². The normalized spacial score (nSPS) is 13.4. The Morgan fingerprint density at radius 3 is 2.66 bits per heavy atom. The van der Waals surface area contributed by atoms with Crippen LogP contribution in [-0.4, -0.2) is 36.9 Å². The molecule has 1 aliphatic rings. The summed E-state index contributed by atoms with van der Waals surface area (Å²) in [6.45, 7) is 3.57. The SMILES string of the molecule is CC(C)[C@H](NC(=O)c1ccccc1F)C(=O)OCC(=O)c1ccc2c(c1)CCO2. The standard InChI is InChI=1S/C22H22FNO5/c1-13(2)20(24-21(26)16-5-3-4-6-17(16)23)22(27)29-12-18(25)14-7-8-19-15(11-14)9-10-28-19/h3-8,11,13,20H,9-10,12H2,1-2H3,(H,24,26)/t20-/m0/s1. The second kappa shape index (κ2) is 8.86. The number of Topliss-reactive ketones (excluding diaryl/α,β-unsaturated/α-hetero) is 1. The molecule has 0 aliphatic carbocycles. The van der Waals surface area contributed by atoms with Crippen LogP contribution in [0.2, 0.25) is 0 Å². The number of ketones is 1. The number of fused-ring (bicyclic) bond motifs is 1.